The zero-order chi connectivity index (χ0) is 19.9. The first-order chi connectivity index (χ1) is 13.3. The molecule has 2 aromatic rings. The molecule has 28 heavy (non-hydrogen) atoms. The smallest absolute Gasteiger partial charge is 0.411 e. The van der Waals surface area contributed by atoms with Crippen LogP contribution in [0.4, 0.5) is 10.5 Å². The number of anilines is 1. The first kappa shape index (κ1) is 19.3. The maximum atomic E-state index is 12.7. The number of aryl methyl sites for hydroxylation is 1. The monoisotopic (exact) mass is 399 g/mol. The van der Waals surface area contributed by atoms with Gasteiger partial charge in [0, 0.05) is 36.3 Å². The molecule has 4 rings (SSSR count). The van der Waals surface area contributed by atoms with Gasteiger partial charge in [0.15, 0.2) is 0 Å². The molecule has 2 aromatic carbocycles. The van der Waals surface area contributed by atoms with Gasteiger partial charge in [0.05, 0.1) is 31.9 Å². The van der Waals surface area contributed by atoms with Crippen molar-refractivity contribution in [3.63, 3.8) is 0 Å². The number of amides is 1. The van der Waals surface area contributed by atoms with Gasteiger partial charge in [0.2, 0.25) is 0 Å². The molecule has 2 heterocycles. The molecular weight excluding hydrogens is 372 g/mol. The Bertz CT molecular complexity index is 880. The van der Waals surface area contributed by atoms with Gasteiger partial charge >= 0.3 is 6.09 Å². The molecule has 0 spiro atoms. The summed E-state index contributed by atoms with van der Waals surface area (Å²) in [6.45, 7) is 1.99. The predicted octanol–water partition coefficient (Wildman–Crippen LogP) is 5.63. The number of hydrogen-bond acceptors (Lipinski definition) is 2. The van der Waals surface area contributed by atoms with Crippen molar-refractivity contribution in [1.82, 2.24) is 0 Å². The zero-order valence-electron chi connectivity index (χ0n) is 16.7. The second kappa shape index (κ2) is 7.41. The van der Waals surface area contributed by atoms with Gasteiger partial charge in [-0.25, -0.2) is 4.79 Å². The number of nitrogens with one attached hydrogen (secondary N) is 1. The van der Waals surface area contributed by atoms with E-state index in [4.69, 9.17) is 16.3 Å². The Kier molecular flexibility index (Phi) is 5.11. The minimum atomic E-state index is -0.366. The number of halogens is 1. The van der Waals surface area contributed by atoms with Gasteiger partial charge < -0.3 is 9.22 Å². The van der Waals surface area contributed by atoms with E-state index >= 15 is 0 Å². The summed E-state index contributed by atoms with van der Waals surface area (Å²) < 4.78 is 6.92. The van der Waals surface area contributed by atoms with Crippen LogP contribution < -0.4 is 5.32 Å². The number of para-hydroxylation sites is 1. The number of benzene rings is 2. The van der Waals surface area contributed by atoms with Crippen molar-refractivity contribution in [3.05, 3.63) is 53.1 Å². The summed E-state index contributed by atoms with van der Waals surface area (Å²) >= 11 is 6.16. The number of fused-ring (bicyclic) bond motifs is 2. The zero-order valence-corrected chi connectivity index (χ0v) is 17.5. The molecule has 2 unspecified atom stereocenters. The highest BCUT2D eigenvalue weighted by atomic mass is 35.5. The summed E-state index contributed by atoms with van der Waals surface area (Å²) in [6, 6.07) is 14.8. The first-order valence-electron chi connectivity index (χ1n) is 10.0. The molecule has 0 aromatic heterocycles. The van der Waals surface area contributed by atoms with E-state index in [2.05, 4.69) is 19.4 Å². The second-order valence-corrected chi connectivity index (χ2v) is 9.08. The Morgan fingerprint density at radius 1 is 1.11 bits per heavy atom. The third-order valence-corrected chi connectivity index (χ3v) is 6.93. The number of piperidine rings is 1. The van der Waals surface area contributed by atoms with Crippen LogP contribution in [0.2, 0.25) is 5.02 Å². The van der Waals surface area contributed by atoms with Gasteiger partial charge in [-0.15, -0.1) is 0 Å². The lowest BCUT2D eigenvalue weighted by molar-refractivity contribution is -0.931. The lowest BCUT2D eigenvalue weighted by Crippen LogP contribution is -2.56. The molecule has 2 atom stereocenters. The second-order valence-electron chi connectivity index (χ2n) is 8.65. The number of ether oxygens (including phenoxy) is 1. The van der Waals surface area contributed by atoms with E-state index in [1.807, 2.05) is 49.4 Å². The van der Waals surface area contributed by atoms with Crippen molar-refractivity contribution in [2.75, 3.05) is 19.4 Å². The Labute approximate surface area is 172 Å². The van der Waals surface area contributed by atoms with Crippen molar-refractivity contribution in [3.8, 4) is 11.1 Å². The Hall–Kier alpha value is -2.04. The van der Waals surface area contributed by atoms with Gasteiger partial charge in [0.25, 0.3) is 0 Å². The fraction of sp³-hybridized carbons (Fsp3) is 0.435. The van der Waals surface area contributed by atoms with E-state index in [1.165, 1.54) is 12.8 Å². The highest BCUT2D eigenvalue weighted by Crippen LogP contribution is 2.40. The van der Waals surface area contributed by atoms with E-state index in [0.29, 0.717) is 17.1 Å². The molecule has 2 aliphatic heterocycles. The molecule has 0 aliphatic carbocycles. The largest absolute Gasteiger partial charge is 0.445 e. The van der Waals surface area contributed by atoms with Crippen LogP contribution >= 0.6 is 11.6 Å². The first-order valence-corrected chi connectivity index (χ1v) is 10.4. The maximum Gasteiger partial charge on any atom is 0.411 e. The van der Waals surface area contributed by atoms with Gasteiger partial charge in [0.1, 0.15) is 6.10 Å². The molecule has 2 aliphatic rings. The molecule has 1 amide bonds. The summed E-state index contributed by atoms with van der Waals surface area (Å²) in [5, 5.41) is 3.68. The average molecular weight is 400 g/mol. The molecule has 2 saturated heterocycles. The van der Waals surface area contributed by atoms with Gasteiger partial charge in [-0.1, -0.05) is 41.9 Å². The van der Waals surface area contributed by atoms with E-state index in [1.54, 1.807) is 0 Å². The number of carbonyl (C=O) groups is 1. The van der Waals surface area contributed by atoms with Crippen molar-refractivity contribution in [1.29, 1.82) is 0 Å². The molecular formula is C23H28ClN2O2+. The summed E-state index contributed by atoms with van der Waals surface area (Å²) in [4.78, 5) is 12.7. The Balaban J connectivity index is 1.50. The van der Waals surface area contributed by atoms with Gasteiger partial charge in [-0.2, -0.15) is 0 Å². The number of rotatable bonds is 3. The standard InChI is InChI=1S/C23H27ClN2O2/c1-15-6-4-9-21(16-7-5-8-17(24)12-16)22(15)25-23(27)28-20-13-18-10-11-19(14-20)26(18,2)3/h4-9,12,18-20H,10-11,13-14H2,1-3H3/p+1. The number of quaternary nitrogens is 1. The minimum absolute atomic E-state index is 0.00212. The highest BCUT2D eigenvalue weighted by molar-refractivity contribution is 6.30. The maximum absolute atomic E-state index is 12.7. The lowest BCUT2D eigenvalue weighted by Gasteiger charge is -2.43. The van der Waals surface area contributed by atoms with E-state index in [-0.39, 0.29) is 12.2 Å². The molecule has 2 fully saturated rings. The van der Waals surface area contributed by atoms with Gasteiger partial charge in [-0.3, -0.25) is 5.32 Å². The summed E-state index contributed by atoms with van der Waals surface area (Å²) in [5.41, 5.74) is 3.70. The van der Waals surface area contributed by atoms with Crippen LogP contribution in [-0.2, 0) is 4.74 Å². The van der Waals surface area contributed by atoms with Crippen LogP contribution in [0.5, 0.6) is 0 Å². The number of hydrogen-bond donors (Lipinski definition) is 1. The fourth-order valence-corrected chi connectivity index (χ4v) is 5.13. The molecule has 148 valence electrons. The average Bonchev–Trinajstić information content (AvgIpc) is 2.81. The summed E-state index contributed by atoms with van der Waals surface area (Å²) in [6.07, 6.45) is 4.00. The van der Waals surface area contributed by atoms with Crippen LogP contribution in [0, 0.1) is 6.92 Å². The van der Waals surface area contributed by atoms with E-state index in [0.717, 1.165) is 39.7 Å². The molecule has 0 saturated carbocycles. The van der Waals surface area contributed by atoms with Crippen LogP contribution in [0.3, 0.4) is 0 Å². The SMILES string of the molecule is Cc1cccc(-c2cccc(Cl)c2)c1NC(=O)OC1CC2CCC(C1)[N+]2(C)C. The molecule has 1 N–H and O–H groups in total. The number of nitrogens with zero attached hydrogens (tertiary/aromatic N) is 1. The van der Waals surface area contributed by atoms with Crippen LogP contribution in [-0.4, -0.2) is 42.9 Å². The lowest BCUT2D eigenvalue weighted by atomic mass is 9.98. The third kappa shape index (κ3) is 3.63. The molecule has 5 heteroatoms. The normalized spacial score (nSPS) is 25.4. The van der Waals surface area contributed by atoms with Crippen molar-refractivity contribution >= 4 is 23.4 Å². The molecule has 2 bridgehead atoms. The van der Waals surface area contributed by atoms with Crippen molar-refractivity contribution < 1.29 is 14.0 Å². The minimum Gasteiger partial charge on any atom is -0.445 e. The van der Waals surface area contributed by atoms with Crippen LogP contribution in [0.1, 0.15) is 31.2 Å². The van der Waals surface area contributed by atoms with Crippen molar-refractivity contribution in [2.24, 2.45) is 0 Å². The molecule has 0 radical (unpaired) electrons. The van der Waals surface area contributed by atoms with Gasteiger partial charge in [-0.05, 0) is 30.2 Å². The Morgan fingerprint density at radius 2 is 1.79 bits per heavy atom. The highest BCUT2D eigenvalue weighted by Gasteiger charge is 2.49. The van der Waals surface area contributed by atoms with Crippen LogP contribution in [0.15, 0.2) is 42.5 Å². The quantitative estimate of drug-likeness (QED) is 0.679. The molecule has 4 nitrogen and oxygen atoms in total. The van der Waals surface area contributed by atoms with E-state index < -0.39 is 0 Å². The van der Waals surface area contributed by atoms with Crippen LogP contribution in [0.25, 0.3) is 11.1 Å². The fourth-order valence-electron chi connectivity index (χ4n) is 4.94. The van der Waals surface area contributed by atoms with E-state index in [9.17, 15) is 4.79 Å². The third-order valence-electron chi connectivity index (χ3n) is 6.69. The number of carbonyl (C=O) groups excluding carboxylic acids is 1. The van der Waals surface area contributed by atoms with Crippen molar-refractivity contribution in [2.45, 2.75) is 50.8 Å². The predicted molar refractivity (Wildman–Crippen MR) is 114 cm³/mol. The summed E-state index contributed by atoms with van der Waals surface area (Å²) in [5.74, 6) is 0. The summed E-state index contributed by atoms with van der Waals surface area (Å²) in [7, 11) is 4.62. The Morgan fingerprint density at radius 3 is 2.46 bits per heavy atom. The topological polar surface area (TPSA) is 38.3 Å².